The Balaban J connectivity index is 1.36. The predicted octanol–water partition coefficient (Wildman–Crippen LogP) is 4.55. The topological polar surface area (TPSA) is 61.7 Å². The molecule has 1 N–H and O–H groups in total. The van der Waals surface area contributed by atoms with E-state index in [1.165, 1.54) is 0 Å². The molecule has 1 aliphatic rings. The maximum atomic E-state index is 10.5. The van der Waals surface area contributed by atoms with E-state index < -0.39 is 6.10 Å². The molecule has 1 saturated heterocycles. The SMILES string of the molecule is Cc1nc(C)c(Cc2ccccc2Cl)c(N2CCN(C[C@H](O)COc3ccc(Cl)cc3)CC2)n1. The second kappa shape index (κ2) is 11.4. The zero-order valence-electron chi connectivity index (χ0n) is 19.5. The number of piperazine rings is 1. The maximum Gasteiger partial charge on any atom is 0.136 e. The highest BCUT2D eigenvalue weighted by atomic mass is 35.5. The van der Waals surface area contributed by atoms with Gasteiger partial charge in [0, 0.05) is 60.4 Å². The third kappa shape index (κ3) is 6.39. The largest absolute Gasteiger partial charge is 0.491 e. The van der Waals surface area contributed by atoms with E-state index in [-0.39, 0.29) is 6.61 Å². The monoisotopic (exact) mass is 500 g/mol. The first-order valence-electron chi connectivity index (χ1n) is 11.5. The number of anilines is 1. The van der Waals surface area contributed by atoms with Crippen molar-refractivity contribution in [3.8, 4) is 5.75 Å². The second-order valence-corrected chi connectivity index (χ2v) is 9.48. The second-order valence-electron chi connectivity index (χ2n) is 8.63. The molecule has 0 spiro atoms. The fourth-order valence-electron chi connectivity index (χ4n) is 4.23. The van der Waals surface area contributed by atoms with E-state index in [0.29, 0.717) is 23.7 Å². The van der Waals surface area contributed by atoms with Crippen molar-refractivity contribution in [3.05, 3.63) is 81.2 Å². The molecule has 1 aliphatic heterocycles. The summed E-state index contributed by atoms with van der Waals surface area (Å²) in [6.45, 7) is 8.12. The molecule has 1 aromatic heterocycles. The summed E-state index contributed by atoms with van der Waals surface area (Å²) in [5.74, 6) is 2.46. The number of rotatable bonds is 8. The van der Waals surface area contributed by atoms with Crippen LogP contribution in [0.15, 0.2) is 48.5 Å². The Morgan fingerprint density at radius 2 is 1.68 bits per heavy atom. The number of ether oxygens (including phenoxy) is 1. The maximum absolute atomic E-state index is 10.5. The van der Waals surface area contributed by atoms with Crippen LogP contribution in [0, 0.1) is 13.8 Å². The number of benzene rings is 2. The zero-order chi connectivity index (χ0) is 24.1. The van der Waals surface area contributed by atoms with Crippen LogP contribution in [0.3, 0.4) is 0 Å². The Hall–Kier alpha value is -2.38. The van der Waals surface area contributed by atoms with E-state index in [1.807, 2.05) is 32.0 Å². The average molecular weight is 501 g/mol. The molecule has 180 valence electrons. The van der Waals surface area contributed by atoms with Crippen LogP contribution in [0.25, 0.3) is 0 Å². The van der Waals surface area contributed by atoms with E-state index in [1.54, 1.807) is 24.3 Å². The Kier molecular flexibility index (Phi) is 8.27. The van der Waals surface area contributed by atoms with Crippen LogP contribution in [0.4, 0.5) is 5.82 Å². The molecular weight excluding hydrogens is 471 g/mol. The van der Waals surface area contributed by atoms with Gasteiger partial charge in [0.25, 0.3) is 0 Å². The fourth-order valence-corrected chi connectivity index (χ4v) is 4.56. The first kappa shape index (κ1) is 24.7. The number of aromatic nitrogens is 2. The van der Waals surface area contributed by atoms with Crippen LogP contribution in [-0.2, 0) is 6.42 Å². The molecule has 2 aromatic carbocycles. The summed E-state index contributed by atoms with van der Waals surface area (Å²) in [7, 11) is 0. The summed E-state index contributed by atoms with van der Waals surface area (Å²) >= 11 is 12.3. The number of hydrogen-bond donors (Lipinski definition) is 1. The quantitative estimate of drug-likeness (QED) is 0.489. The van der Waals surface area contributed by atoms with E-state index >= 15 is 0 Å². The molecular formula is C26H30Cl2N4O2. The lowest BCUT2D eigenvalue weighted by molar-refractivity contribution is 0.0662. The highest BCUT2D eigenvalue weighted by molar-refractivity contribution is 6.31. The van der Waals surface area contributed by atoms with Crippen LogP contribution < -0.4 is 9.64 Å². The first-order chi connectivity index (χ1) is 16.4. The van der Waals surface area contributed by atoms with Crippen molar-refractivity contribution in [2.45, 2.75) is 26.4 Å². The van der Waals surface area contributed by atoms with Gasteiger partial charge < -0.3 is 14.7 Å². The minimum Gasteiger partial charge on any atom is -0.491 e. The Bertz CT molecular complexity index is 1100. The van der Waals surface area contributed by atoms with Gasteiger partial charge >= 0.3 is 0 Å². The molecule has 0 bridgehead atoms. The minimum absolute atomic E-state index is 0.244. The summed E-state index contributed by atoms with van der Waals surface area (Å²) in [6.07, 6.45) is 0.129. The van der Waals surface area contributed by atoms with Crippen molar-refractivity contribution in [2.75, 3.05) is 44.2 Å². The Labute approximate surface area is 211 Å². The highest BCUT2D eigenvalue weighted by Crippen LogP contribution is 2.27. The number of halogens is 2. The summed E-state index contributed by atoms with van der Waals surface area (Å²) in [5.41, 5.74) is 3.17. The molecule has 1 atom stereocenters. The number of aliphatic hydroxyl groups excluding tert-OH is 1. The van der Waals surface area contributed by atoms with E-state index in [2.05, 4.69) is 20.9 Å². The normalized spacial score (nSPS) is 15.4. The van der Waals surface area contributed by atoms with E-state index in [0.717, 1.165) is 59.7 Å². The smallest absolute Gasteiger partial charge is 0.136 e. The van der Waals surface area contributed by atoms with Crippen LogP contribution in [-0.4, -0.2) is 65.4 Å². The van der Waals surface area contributed by atoms with Gasteiger partial charge in [0.2, 0.25) is 0 Å². The lowest BCUT2D eigenvalue weighted by Gasteiger charge is -2.37. The van der Waals surface area contributed by atoms with E-state index in [4.69, 9.17) is 32.9 Å². The van der Waals surface area contributed by atoms with Crippen molar-refractivity contribution in [3.63, 3.8) is 0 Å². The fraction of sp³-hybridized carbons (Fsp3) is 0.385. The van der Waals surface area contributed by atoms with Crippen molar-refractivity contribution in [1.82, 2.24) is 14.9 Å². The molecule has 8 heteroatoms. The number of nitrogens with zero attached hydrogens (tertiary/aromatic N) is 4. The van der Waals surface area contributed by atoms with Crippen molar-refractivity contribution < 1.29 is 9.84 Å². The van der Waals surface area contributed by atoms with Crippen LogP contribution >= 0.6 is 23.2 Å². The molecule has 0 saturated carbocycles. The molecule has 0 unspecified atom stereocenters. The Morgan fingerprint density at radius 1 is 0.971 bits per heavy atom. The van der Waals surface area contributed by atoms with Gasteiger partial charge in [0.1, 0.15) is 30.1 Å². The number of hydrogen-bond acceptors (Lipinski definition) is 6. The van der Waals surface area contributed by atoms with Crippen molar-refractivity contribution >= 4 is 29.0 Å². The van der Waals surface area contributed by atoms with Crippen LogP contribution in [0.1, 0.15) is 22.6 Å². The van der Waals surface area contributed by atoms with Gasteiger partial charge in [-0.25, -0.2) is 9.97 Å². The summed E-state index contributed by atoms with van der Waals surface area (Å²) in [4.78, 5) is 14.0. The molecule has 6 nitrogen and oxygen atoms in total. The Morgan fingerprint density at radius 3 is 2.38 bits per heavy atom. The average Bonchev–Trinajstić information content (AvgIpc) is 2.82. The molecule has 0 aliphatic carbocycles. The lowest BCUT2D eigenvalue weighted by Crippen LogP contribution is -2.49. The summed E-state index contributed by atoms with van der Waals surface area (Å²) < 4.78 is 5.69. The van der Waals surface area contributed by atoms with E-state index in [9.17, 15) is 5.11 Å². The molecule has 0 radical (unpaired) electrons. The number of aryl methyl sites for hydroxylation is 2. The first-order valence-corrected chi connectivity index (χ1v) is 12.3. The van der Waals surface area contributed by atoms with Gasteiger partial charge in [0.15, 0.2) is 0 Å². The van der Waals surface area contributed by atoms with Gasteiger partial charge in [-0.1, -0.05) is 41.4 Å². The third-order valence-corrected chi connectivity index (χ3v) is 6.65. The van der Waals surface area contributed by atoms with Gasteiger partial charge in [-0.2, -0.15) is 0 Å². The molecule has 0 amide bonds. The van der Waals surface area contributed by atoms with Gasteiger partial charge in [-0.15, -0.1) is 0 Å². The van der Waals surface area contributed by atoms with Gasteiger partial charge in [-0.05, 0) is 49.7 Å². The number of aliphatic hydroxyl groups is 1. The van der Waals surface area contributed by atoms with Crippen LogP contribution in [0.5, 0.6) is 5.75 Å². The zero-order valence-corrected chi connectivity index (χ0v) is 21.1. The van der Waals surface area contributed by atoms with Crippen LogP contribution in [0.2, 0.25) is 10.0 Å². The standard InChI is InChI=1S/C26H30Cl2N4O2/c1-18-24(15-20-5-3-4-6-25(20)28)26(30-19(2)29-18)32-13-11-31(12-14-32)16-22(33)17-34-23-9-7-21(27)8-10-23/h3-10,22,33H,11-17H2,1-2H3/t22-/m0/s1. The number of β-amino-alcohol motifs (C(OH)–C–C–N with tert-alkyl or cyclic N) is 1. The lowest BCUT2D eigenvalue weighted by atomic mass is 10.0. The predicted molar refractivity (Wildman–Crippen MR) is 137 cm³/mol. The molecule has 1 fully saturated rings. The molecule has 4 rings (SSSR count). The van der Waals surface area contributed by atoms with Crippen molar-refractivity contribution in [2.24, 2.45) is 0 Å². The molecule has 34 heavy (non-hydrogen) atoms. The van der Waals surface area contributed by atoms with Crippen molar-refractivity contribution in [1.29, 1.82) is 0 Å². The highest BCUT2D eigenvalue weighted by Gasteiger charge is 2.24. The van der Waals surface area contributed by atoms with Gasteiger partial charge in [-0.3, -0.25) is 4.90 Å². The third-order valence-electron chi connectivity index (χ3n) is 6.03. The minimum atomic E-state index is -0.568. The molecule has 3 aromatic rings. The molecule has 2 heterocycles. The van der Waals surface area contributed by atoms with Gasteiger partial charge in [0.05, 0.1) is 0 Å². The summed E-state index contributed by atoms with van der Waals surface area (Å²) in [5, 5.41) is 11.9. The summed E-state index contributed by atoms with van der Waals surface area (Å²) in [6, 6.07) is 15.1.